The first kappa shape index (κ1) is 18.0. The first-order chi connectivity index (χ1) is 9.88. The van der Waals surface area contributed by atoms with Gasteiger partial charge in [0.15, 0.2) is 0 Å². The Kier molecular flexibility index (Phi) is 7.21. The van der Waals surface area contributed by atoms with Crippen LogP contribution in [0.5, 0.6) is 0 Å². The summed E-state index contributed by atoms with van der Waals surface area (Å²) in [6.07, 6.45) is 6.74. The molecule has 0 aromatic carbocycles. The molecular weight excluding hydrogens is 306 g/mol. The van der Waals surface area contributed by atoms with Crippen molar-refractivity contribution in [3.05, 3.63) is 24.0 Å². The highest BCUT2D eigenvalue weighted by Gasteiger charge is 2.22. The molecule has 0 aliphatic rings. The molecule has 3 N–H and O–H groups in total. The molecule has 0 amide bonds. The summed E-state index contributed by atoms with van der Waals surface area (Å²) in [5.41, 5.74) is 5.67. The number of unbranched alkanes of at least 4 members (excludes halogenated alkanes) is 3. The normalized spacial score (nSPS) is 13.0. The van der Waals surface area contributed by atoms with Gasteiger partial charge in [-0.05, 0) is 25.5 Å². The molecule has 7 heteroatoms. The second-order valence-electron chi connectivity index (χ2n) is 5.09. The molecule has 1 unspecified atom stereocenters. The van der Waals surface area contributed by atoms with Gasteiger partial charge in [-0.25, -0.2) is 13.1 Å². The van der Waals surface area contributed by atoms with Crippen molar-refractivity contribution in [3.8, 4) is 0 Å². The number of hydrogen-bond acceptors (Lipinski definition) is 4. The van der Waals surface area contributed by atoms with E-state index in [1.165, 1.54) is 18.7 Å². The highest BCUT2D eigenvalue weighted by molar-refractivity contribution is 7.89. The van der Waals surface area contributed by atoms with Crippen molar-refractivity contribution < 1.29 is 8.42 Å². The van der Waals surface area contributed by atoms with Crippen LogP contribution in [0.2, 0.25) is 0 Å². The Balaban J connectivity index is 2.76. The van der Waals surface area contributed by atoms with Gasteiger partial charge in [0.1, 0.15) is 15.6 Å². The molecule has 0 saturated heterocycles. The molecular formula is C14H23N3O2S2. The van der Waals surface area contributed by atoms with Gasteiger partial charge >= 0.3 is 0 Å². The molecule has 1 aromatic rings. The van der Waals surface area contributed by atoms with Gasteiger partial charge in [-0.3, -0.25) is 4.98 Å². The molecule has 1 rings (SSSR count). The van der Waals surface area contributed by atoms with Crippen LogP contribution < -0.4 is 10.5 Å². The monoisotopic (exact) mass is 329 g/mol. The maximum atomic E-state index is 12.4. The van der Waals surface area contributed by atoms with Gasteiger partial charge in [0.2, 0.25) is 10.0 Å². The van der Waals surface area contributed by atoms with E-state index in [4.69, 9.17) is 18.0 Å². The van der Waals surface area contributed by atoms with Crippen LogP contribution in [0, 0.1) is 0 Å². The first-order valence-corrected chi connectivity index (χ1v) is 9.04. The summed E-state index contributed by atoms with van der Waals surface area (Å²) in [6, 6.07) is 2.89. The van der Waals surface area contributed by atoms with Crippen LogP contribution in [0.15, 0.2) is 23.2 Å². The quantitative estimate of drug-likeness (QED) is 0.536. The third-order valence-electron chi connectivity index (χ3n) is 3.14. The van der Waals surface area contributed by atoms with Crippen molar-refractivity contribution in [1.29, 1.82) is 0 Å². The lowest BCUT2D eigenvalue weighted by molar-refractivity contribution is 0.521. The fraction of sp³-hybridized carbons (Fsp3) is 0.571. The van der Waals surface area contributed by atoms with E-state index in [1.807, 2.05) is 6.92 Å². The molecule has 0 aliphatic carbocycles. The molecule has 21 heavy (non-hydrogen) atoms. The molecule has 118 valence electrons. The van der Waals surface area contributed by atoms with Gasteiger partial charge in [0.05, 0.1) is 0 Å². The summed E-state index contributed by atoms with van der Waals surface area (Å²) < 4.78 is 27.4. The SMILES string of the molecule is CCCCCCC(C)NS(=O)(=O)c1cccnc1C(N)=S. The molecule has 0 fully saturated rings. The Morgan fingerprint density at radius 2 is 2.14 bits per heavy atom. The van der Waals surface area contributed by atoms with Gasteiger partial charge in [-0.2, -0.15) is 0 Å². The largest absolute Gasteiger partial charge is 0.388 e. The lowest BCUT2D eigenvalue weighted by Crippen LogP contribution is -2.34. The van der Waals surface area contributed by atoms with Gasteiger partial charge in [-0.1, -0.05) is 44.8 Å². The summed E-state index contributed by atoms with van der Waals surface area (Å²) >= 11 is 4.85. The minimum atomic E-state index is -3.66. The maximum absolute atomic E-state index is 12.4. The third-order valence-corrected chi connectivity index (χ3v) is 4.96. The smallest absolute Gasteiger partial charge is 0.243 e. The molecule has 0 saturated carbocycles. The van der Waals surface area contributed by atoms with Crippen LogP contribution in [-0.2, 0) is 10.0 Å². The summed E-state index contributed by atoms with van der Waals surface area (Å²) in [7, 11) is -3.66. The van der Waals surface area contributed by atoms with E-state index >= 15 is 0 Å². The van der Waals surface area contributed by atoms with Crippen molar-refractivity contribution >= 4 is 27.2 Å². The van der Waals surface area contributed by atoms with Crippen LogP contribution in [0.4, 0.5) is 0 Å². The average Bonchev–Trinajstić information content (AvgIpc) is 2.43. The van der Waals surface area contributed by atoms with Crippen molar-refractivity contribution in [2.75, 3.05) is 0 Å². The first-order valence-electron chi connectivity index (χ1n) is 7.15. The fourth-order valence-corrected chi connectivity index (χ4v) is 3.73. The van der Waals surface area contributed by atoms with E-state index in [9.17, 15) is 8.42 Å². The zero-order chi connectivity index (χ0) is 15.9. The van der Waals surface area contributed by atoms with Gasteiger partial charge < -0.3 is 5.73 Å². The van der Waals surface area contributed by atoms with E-state index < -0.39 is 10.0 Å². The van der Waals surface area contributed by atoms with E-state index in [0.717, 1.165) is 25.7 Å². The number of nitrogens with zero attached hydrogens (tertiary/aromatic N) is 1. The lowest BCUT2D eigenvalue weighted by atomic mass is 10.1. The number of nitrogens with one attached hydrogen (secondary N) is 1. The minimum absolute atomic E-state index is 0.0217. The molecule has 1 atom stereocenters. The molecule has 0 bridgehead atoms. The number of hydrogen-bond donors (Lipinski definition) is 2. The number of nitrogens with two attached hydrogens (primary N) is 1. The van der Waals surface area contributed by atoms with Crippen LogP contribution in [0.25, 0.3) is 0 Å². The Labute approximate surface area is 132 Å². The zero-order valence-electron chi connectivity index (χ0n) is 12.5. The van der Waals surface area contributed by atoms with Crippen molar-refractivity contribution in [1.82, 2.24) is 9.71 Å². The molecule has 0 aliphatic heterocycles. The average molecular weight is 329 g/mol. The number of pyridine rings is 1. The summed E-state index contributed by atoms with van der Waals surface area (Å²) in [6.45, 7) is 4.01. The summed E-state index contributed by atoms with van der Waals surface area (Å²) in [5.74, 6) is 0. The van der Waals surface area contributed by atoms with E-state index in [2.05, 4.69) is 16.6 Å². The molecule has 1 heterocycles. The molecule has 0 spiro atoms. The maximum Gasteiger partial charge on any atom is 0.243 e. The third kappa shape index (κ3) is 5.68. The predicted molar refractivity (Wildman–Crippen MR) is 88.7 cm³/mol. The Hall–Kier alpha value is -1.05. The van der Waals surface area contributed by atoms with E-state index in [-0.39, 0.29) is 21.6 Å². The van der Waals surface area contributed by atoms with Crippen LogP contribution in [-0.4, -0.2) is 24.4 Å². The van der Waals surface area contributed by atoms with Gasteiger partial charge in [0.25, 0.3) is 0 Å². The van der Waals surface area contributed by atoms with Gasteiger partial charge in [-0.15, -0.1) is 0 Å². The number of aromatic nitrogens is 1. The highest BCUT2D eigenvalue weighted by Crippen LogP contribution is 2.14. The second-order valence-corrected chi connectivity index (χ2v) is 7.21. The standard InChI is InChI=1S/C14H23N3O2S2/c1-3-4-5-6-8-11(2)17-21(18,19)12-9-7-10-16-13(12)14(15)20/h7,9-11,17H,3-6,8H2,1-2H3,(H2,15,20). The Morgan fingerprint density at radius 3 is 2.76 bits per heavy atom. The molecule has 5 nitrogen and oxygen atoms in total. The van der Waals surface area contributed by atoms with E-state index in [0.29, 0.717) is 0 Å². The lowest BCUT2D eigenvalue weighted by Gasteiger charge is -2.15. The van der Waals surface area contributed by atoms with Gasteiger partial charge in [0, 0.05) is 12.2 Å². The fourth-order valence-electron chi connectivity index (χ4n) is 2.06. The van der Waals surface area contributed by atoms with Crippen LogP contribution in [0.3, 0.4) is 0 Å². The van der Waals surface area contributed by atoms with Crippen molar-refractivity contribution in [2.45, 2.75) is 56.9 Å². The topological polar surface area (TPSA) is 85.1 Å². The highest BCUT2D eigenvalue weighted by atomic mass is 32.2. The Morgan fingerprint density at radius 1 is 1.43 bits per heavy atom. The number of thiocarbonyl (C=S) groups is 1. The van der Waals surface area contributed by atoms with Crippen molar-refractivity contribution in [2.24, 2.45) is 5.73 Å². The summed E-state index contributed by atoms with van der Waals surface area (Å²) in [4.78, 5) is 3.97. The molecule has 1 aromatic heterocycles. The summed E-state index contributed by atoms with van der Waals surface area (Å²) in [5, 5.41) is 0. The van der Waals surface area contributed by atoms with E-state index in [1.54, 1.807) is 6.07 Å². The number of sulfonamides is 1. The second kappa shape index (κ2) is 8.41. The zero-order valence-corrected chi connectivity index (χ0v) is 14.1. The predicted octanol–water partition coefficient (Wildman–Crippen LogP) is 2.35. The number of rotatable bonds is 9. The van der Waals surface area contributed by atoms with Crippen LogP contribution >= 0.6 is 12.2 Å². The van der Waals surface area contributed by atoms with Crippen LogP contribution in [0.1, 0.15) is 51.6 Å². The Bertz CT molecular complexity index is 573. The van der Waals surface area contributed by atoms with Crippen molar-refractivity contribution in [3.63, 3.8) is 0 Å². The minimum Gasteiger partial charge on any atom is -0.388 e. The molecule has 0 radical (unpaired) electrons.